The molecule has 2 aromatic rings. The molecule has 34 heavy (non-hydrogen) atoms. The maximum absolute atomic E-state index is 13.5. The normalized spacial score (nSPS) is 25.4. The molecule has 1 atom stereocenters. The van der Waals surface area contributed by atoms with Crippen LogP contribution >= 0.6 is 11.6 Å². The third kappa shape index (κ3) is 4.71. The number of fused-ring (bicyclic) bond motifs is 3. The summed E-state index contributed by atoms with van der Waals surface area (Å²) in [6.07, 6.45) is 1.18. The molecule has 0 radical (unpaired) electrons. The van der Waals surface area contributed by atoms with E-state index in [1.165, 1.54) is 24.3 Å². The molecule has 0 heterocycles. The minimum Gasteiger partial charge on any atom is -0.484 e. The van der Waals surface area contributed by atoms with E-state index in [-0.39, 0.29) is 34.9 Å². The monoisotopic (exact) mass is 490 g/mol. The Hall–Kier alpha value is -3.17. The molecule has 3 aliphatic rings. The molecule has 3 aliphatic carbocycles. The van der Waals surface area contributed by atoms with Gasteiger partial charge < -0.3 is 25.6 Å². The van der Waals surface area contributed by atoms with Gasteiger partial charge in [-0.1, -0.05) is 23.7 Å². The average molecular weight is 491 g/mol. The predicted molar refractivity (Wildman–Crippen MR) is 120 cm³/mol. The molecule has 5 rings (SSSR count). The van der Waals surface area contributed by atoms with Gasteiger partial charge in [0.05, 0.1) is 27.8 Å². The highest BCUT2D eigenvalue weighted by Crippen LogP contribution is 2.47. The number of carboxylic acids is 1. The summed E-state index contributed by atoms with van der Waals surface area (Å²) in [5.41, 5.74) is -1.57. The maximum Gasteiger partial charge on any atom is 0.336 e. The predicted octanol–water partition coefficient (Wildman–Crippen LogP) is 2.92. The Morgan fingerprint density at radius 2 is 1.74 bits per heavy atom. The second-order valence-electron chi connectivity index (χ2n) is 8.87. The van der Waals surface area contributed by atoms with Crippen molar-refractivity contribution < 1.29 is 33.7 Å². The van der Waals surface area contributed by atoms with E-state index in [4.69, 9.17) is 16.3 Å². The molecule has 2 bridgehead atoms. The molecule has 4 N–H and O–H groups in total. The molecule has 3 fully saturated rings. The summed E-state index contributed by atoms with van der Waals surface area (Å²) >= 11 is 5.64. The van der Waals surface area contributed by atoms with E-state index in [9.17, 15) is 29.0 Å². The van der Waals surface area contributed by atoms with E-state index in [0.29, 0.717) is 25.7 Å². The number of hydrogen-bond donors (Lipinski definition) is 4. The van der Waals surface area contributed by atoms with Crippen molar-refractivity contribution in [1.29, 1.82) is 0 Å². The summed E-state index contributed by atoms with van der Waals surface area (Å²) in [5.74, 6) is -2.65. The highest BCUT2D eigenvalue weighted by molar-refractivity contribution is 6.30. The number of hydrogen-bond acceptors (Lipinski definition) is 5. The van der Waals surface area contributed by atoms with Crippen molar-refractivity contribution in [2.75, 3.05) is 6.61 Å². The molecular weight excluding hydrogens is 467 g/mol. The van der Waals surface area contributed by atoms with Gasteiger partial charge in [-0.25, -0.2) is 9.18 Å². The van der Waals surface area contributed by atoms with Crippen LogP contribution in [0.25, 0.3) is 0 Å². The van der Waals surface area contributed by atoms with Crippen molar-refractivity contribution in [3.05, 3.63) is 64.4 Å². The number of carboxylic acid groups (broad SMARTS) is 1. The van der Waals surface area contributed by atoms with Crippen LogP contribution in [-0.4, -0.2) is 51.8 Å². The first-order chi connectivity index (χ1) is 16.1. The van der Waals surface area contributed by atoms with Crippen molar-refractivity contribution in [2.24, 2.45) is 0 Å². The van der Waals surface area contributed by atoms with Crippen LogP contribution in [0.2, 0.25) is 5.02 Å². The number of aromatic carboxylic acids is 1. The smallest absolute Gasteiger partial charge is 0.336 e. The first-order valence-electron chi connectivity index (χ1n) is 10.8. The van der Waals surface area contributed by atoms with E-state index >= 15 is 0 Å². The van der Waals surface area contributed by atoms with Gasteiger partial charge in [0.2, 0.25) is 0 Å². The van der Waals surface area contributed by atoms with E-state index in [1.54, 1.807) is 12.1 Å². The molecule has 10 heteroatoms. The Morgan fingerprint density at radius 3 is 2.35 bits per heavy atom. The molecule has 0 aromatic heterocycles. The van der Waals surface area contributed by atoms with E-state index < -0.39 is 40.8 Å². The molecular formula is C24H24ClFN2O6. The zero-order chi connectivity index (χ0) is 24.5. The first-order valence-corrected chi connectivity index (χ1v) is 11.2. The van der Waals surface area contributed by atoms with Crippen molar-refractivity contribution >= 4 is 29.4 Å². The molecule has 180 valence electrons. The number of aliphatic hydroxyl groups excluding tert-OH is 1. The van der Waals surface area contributed by atoms with E-state index in [1.807, 2.05) is 0 Å². The van der Waals surface area contributed by atoms with Gasteiger partial charge in [-0.05, 0) is 56.4 Å². The number of aliphatic hydroxyl groups is 1. The minimum absolute atomic E-state index is 0.0507. The maximum atomic E-state index is 13.5. The minimum atomic E-state index is -1.19. The fourth-order valence-corrected chi connectivity index (χ4v) is 4.98. The van der Waals surface area contributed by atoms with Crippen LogP contribution in [0.15, 0.2) is 42.5 Å². The van der Waals surface area contributed by atoms with Crippen LogP contribution < -0.4 is 15.4 Å². The zero-order valence-corrected chi connectivity index (χ0v) is 18.9. The molecule has 0 unspecified atom stereocenters. The van der Waals surface area contributed by atoms with Crippen LogP contribution in [-0.2, 0) is 4.79 Å². The number of amides is 2. The summed E-state index contributed by atoms with van der Waals surface area (Å²) in [4.78, 5) is 36.8. The number of nitrogens with one attached hydrogen (secondary N) is 2. The van der Waals surface area contributed by atoms with Crippen LogP contribution in [0.4, 0.5) is 4.39 Å². The van der Waals surface area contributed by atoms with E-state index in [2.05, 4.69) is 10.6 Å². The summed E-state index contributed by atoms with van der Waals surface area (Å²) < 4.78 is 18.9. The van der Waals surface area contributed by atoms with Gasteiger partial charge in [-0.15, -0.1) is 0 Å². The lowest BCUT2D eigenvalue weighted by Crippen LogP contribution is -2.70. The third-order valence-corrected chi connectivity index (χ3v) is 7.06. The summed E-state index contributed by atoms with van der Waals surface area (Å²) in [6.45, 7) is -0.358. The Labute approximate surface area is 200 Å². The number of rotatable bonds is 7. The summed E-state index contributed by atoms with van der Waals surface area (Å²) in [7, 11) is 0. The van der Waals surface area contributed by atoms with Gasteiger partial charge in [0.25, 0.3) is 11.8 Å². The van der Waals surface area contributed by atoms with Gasteiger partial charge in [-0.3, -0.25) is 9.59 Å². The highest BCUT2D eigenvalue weighted by atomic mass is 35.5. The molecule has 0 aliphatic heterocycles. The Kier molecular flexibility index (Phi) is 6.51. The molecule has 3 saturated carbocycles. The van der Waals surface area contributed by atoms with Crippen molar-refractivity contribution in [3.63, 3.8) is 0 Å². The second-order valence-corrected chi connectivity index (χ2v) is 9.28. The lowest BCUT2D eigenvalue weighted by atomic mass is 9.59. The van der Waals surface area contributed by atoms with Gasteiger partial charge >= 0.3 is 5.97 Å². The summed E-state index contributed by atoms with van der Waals surface area (Å²) in [5, 5.41) is 26.0. The fraction of sp³-hybridized carbons (Fsp3) is 0.375. The summed E-state index contributed by atoms with van der Waals surface area (Å²) in [6, 6.07) is 9.83. The van der Waals surface area contributed by atoms with Crippen LogP contribution in [0.1, 0.15) is 52.8 Å². The zero-order valence-electron chi connectivity index (χ0n) is 18.1. The van der Waals surface area contributed by atoms with Crippen molar-refractivity contribution in [1.82, 2.24) is 10.6 Å². The topological polar surface area (TPSA) is 125 Å². The molecule has 2 amide bonds. The van der Waals surface area contributed by atoms with E-state index in [0.717, 1.165) is 6.07 Å². The number of carbonyl (C=O) groups is 3. The van der Waals surface area contributed by atoms with Gasteiger partial charge in [0.1, 0.15) is 11.6 Å². The van der Waals surface area contributed by atoms with Crippen LogP contribution in [0.3, 0.4) is 0 Å². The lowest BCUT2D eigenvalue weighted by Gasteiger charge is -2.56. The molecule has 0 spiro atoms. The van der Waals surface area contributed by atoms with Crippen molar-refractivity contribution in [3.8, 4) is 5.75 Å². The Morgan fingerprint density at radius 1 is 1.06 bits per heavy atom. The lowest BCUT2D eigenvalue weighted by molar-refractivity contribution is -0.132. The number of halogens is 2. The fourth-order valence-electron chi connectivity index (χ4n) is 4.87. The SMILES string of the molecule is O=C(COc1ccc(Cl)c(F)c1)NC12CCC(NC(=O)c3ccccc3C(=O)O)(CC1)C[C@@H]2O. The molecule has 8 nitrogen and oxygen atoms in total. The number of ether oxygens (including phenoxy) is 1. The van der Waals surface area contributed by atoms with Gasteiger partial charge in [0, 0.05) is 11.6 Å². The van der Waals surface area contributed by atoms with Crippen LogP contribution in [0.5, 0.6) is 5.75 Å². The largest absolute Gasteiger partial charge is 0.484 e. The quantitative estimate of drug-likeness (QED) is 0.473. The third-order valence-electron chi connectivity index (χ3n) is 6.75. The number of benzene rings is 2. The second kappa shape index (κ2) is 9.23. The standard InChI is InChI=1S/C24H24ClFN2O6/c25-17-6-5-14(11-18(17)26)34-13-20(30)27-24-9-7-23(8-10-24,12-19(24)29)28-21(31)15-3-1-2-4-16(15)22(32)33/h1-6,11,19,29H,7-10,12-13H2,(H,27,30)(H,28,31)(H,32,33)/t19-,23?,24?/m0/s1. The van der Waals surface area contributed by atoms with Gasteiger partial charge in [0.15, 0.2) is 6.61 Å². The number of carbonyl (C=O) groups excluding carboxylic acids is 2. The van der Waals surface area contributed by atoms with Gasteiger partial charge in [-0.2, -0.15) is 0 Å². The highest BCUT2D eigenvalue weighted by Gasteiger charge is 2.55. The molecule has 0 saturated heterocycles. The Bertz CT molecular complexity index is 1130. The Balaban J connectivity index is 1.37. The van der Waals surface area contributed by atoms with Crippen LogP contribution in [0, 0.1) is 5.82 Å². The molecule has 2 aromatic carbocycles. The average Bonchev–Trinajstić information content (AvgIpc) is 2.81. The van der Waals surface area contributed by atoms with Crippen molar-refractivity contribution in [2.45, 2.75) is 49.3 Å². The first kappa shape index (κ1) is 24.0.